The number of aliphatic imine (C=N–C) groups is 1. The Labute approximate surface area is 143 Å². The highest BCUT2D eigenvalue weighted by Gasteiger charge is 2.39. The molecule has 0 bridgehead atoms. The van der Waals surface area contributed by atoms with Crippen molar-refractivity contribution < 1.29 is 4.79 Å². The van der Waals surface area contributed by atoms with Crippen molar-refractivity contribution in [2.45, 2.75) is 6.54 Å². The molecule has 1 aromatic heterocycles. The zero-order valence-electron chi connectivity index (χ0n) is 13.0. The van der Waals surface area contributed by atoms with E-state index in [4.69, 9.17) is 0 Å². The van der Waals surface area contributed by atoms with E-state index in [2.05, 4.69) is 34.2 Å². The Morgan fingerprint density at radius 1 is 1.04 bits per heavy atom. The van der Waals surface area contributed by atoms with Crippen LogP contribution >= 0.6 is 11.3 Å². The predicted molar refractivity (Wildman–Crippen MR) is 97.8 cm³/mol. The van der Waals surface area contributed by atoms with Crippen molar-refractivity contribution in [1.29, 1.82) is 0 Å². The molecule has 2 aliphatic rings. The quantitative estimate of drug-likeness (QED) is 0.716. The molecule has 2 aliphatic heterocycles. The smallest absolute Gasteiger partial charge is 0.272 e. The maximum atomic E-state index is 12.9. The molecule has 24 heavy (non-hydrogen) atoms. The summed E-state index contributed by atoms with van der Waals surface area (Å²) >= 11 is 1.58. The summed E-state index contributed by atoms with van der Waals surface area (Å²) in [5, 5.41) is 1.14. The standard InChI is InChI=1S/C19H15N3OS/c23-18-17-16(14-8-4-5-9-15(14)24-17)22(19-20-10-11-21(18)19)12-13-6-2-1-3-7-13/h1-9H,10-12H2. The van der Waals surface area contributed by atoms with Crippen LogP contribution in [0.15, 0.2) is 59.6 Å². The van der Waals surface area contributed by atoms with Gasteiger partial charge >= 0.3 is 0 Å². The van der Waals surface area contributed by atoms with E-state index < -0.39 is 0 Å². The van der Waals surface area contributed by atoms with E-state index in [0.29, 0.717) is 13.1 Å². The number of amides is 1. The summed E-state index contributed by atoms with van der Waals surface area (Å²) in [6, 6.07) is 18.6. The molecular formula is C19H15N3OS. The molecule has 0 saturated carbocycles. The maximum absolute atomic E-state index is 12.9. The maximum Gasteiger partial charge on any atom is 0.272 e. The van der Waals surface area contributed by atoms with Gasteiger partial charge in [-0.3, -0.25) is 14.7 Å². The van der Waals surface area contributed by atoms with E-state index in [1.165, 1.54) is 5.56 Å². The first-order valence-corrected chi connectivity index (χ1v) is 8.84. The number of fused-ring (bicyclic) bond motifs is 4. The Morgan fingerprint density at radius 3 is 2.71 bits per heavy atom. The van der Waals surface area contributed by atoms with Gasteiger partial charge in [-0.2, -0.15) is 0 Å². The molecular weight excluding hydrogens is 318 g/mol. The third-order valence-corrected chi connectivity index (χ3v) is 5.67. The summed E-state index contributed by atoms with van der Waals surface area (Å²) in [4.78, 5) is 22.4. The summed E-state index contributed by atoms with van der Waals surface area (Å²) in [6.45, 7) is 2.07. The van der Waals surface area contributed by atoms with E-state index in [1.807, 2.05) is 35.2 Å². The average Bonchev–Trinajstić information content (AvgIpc) is 3.25. The Hall–Kier alpha value is -2.66. The summed E-state index contributed by atoms with van der Waals surface area (Å²) in [5.74, 6) is 0.881. The van der Waals surface area contributed by atoms with Crippen LogP contribution in [0, 0.1) is 0 Å². The van der Waals surface area contributed by atoms with Gasteiger partial charge < -0.3 is 4.90 Å². The van der Waals surface area contributed by atoms with Crippen molar-refractivity contribution in [2.24, 2.45) is 4.99 Å². The third kappa shape index (κ3) is 1.91. The van der Waals surface area contributed by atoms with Gasteiger partial charge in [0, 0.05) is 16.6 Å². The molecule has 3 heterocycles. The van der Waals surface area contributed by atoms with E-state index in [-0.39, 0.29) is 5.91 Å². The number of guanidine groups is 1. The Kier molecular flexibility index (Phi) is 2.97. The second-order valence-electron chi connectivity index (χ2n) is 5.99. The lowest BCUT2D eigenvalue weighted by atomic mass is 10.1. The molecule has 4 nitrogen and oxygen atoms in total. The fraction of sp³-hybridized carbons (Fsp3) is 0.158. The fourth-order valence-electron chi connectivity index (χ4n) is 3.44. The zero-order chi connectivity index (χ0) is 16.1. The molecule has 2 aromatic carbocycles. The molecule has 0 aliphatic carbocycles. The van der Waals surface area contributed by atoms with Crippen molar-refractivity contribution in [1.82, 2.24) is 4.90 Å². The predicted octanol–water partition coefficient (Wildman–Crippen LogP) is 3.73. The van der Waals surface area contributed by atoms with Gasteiger partial charge in [0.1, 0.15) is 4.88 Å². The first kappa shape index (κ1) is 13.7. The summed E-state index contributed by atoms with van der Waals surface area (Å²) < 4.78 is 1.15. The normalized spacial score (nSPS) is 16.3. The number of hydrogen-bond acceptors (Lipinski definition) is 4. The van der Waals surface area contributed by atoms with Gasteiger partial charge in [-0.05, 0) is 11.6 Å². The lowest BCUT2D eigenvalue weighted by molar-refractivity contribution is 0.0856. The van der Waals surface area contributed by atoms with Crippen LogP contribution in [-0.2, 0) is 6.54 Å². The van der Waals surface area contributed by atoms with Gasteiger partial charge in [-0.25, -0.2) is 0 Å². The highest BCUT2D eigenvalue weighted by atomic mass is 32.1. The number of carbonyl (C=O) groups excluding carboxylic acids is 1. The van der Waals surface area contributed by atoms with Crippen LogP contribution in [0.3, 0.4) is 0 Å². The first-order valence-electron chi connectivity index (χ1n) is 8.02. The monoisotopic (exact) mass is 333 g/mol. The largest absolute Gasteiger partial charge is 0.305 e. The highest BCUT2D eigenvalue weighted by Crippen LogP contribution is 2.43. The number of rotatable bonds is 2. The van der Waals surface area contributed by atoms with Crippen LogP contribution < -0.4 is 4.90 Å². The van der Waals surface area contributed by atoms with Gasteiger partial charge in [-0.15, -0.1) is 11.3 Å². The molecule has 0 N–H and O–H groups in total. The van der Waals surface area contributed by atoms with Crippen molar-refractivity contribution in [3.8, 4) is 0 Å². The molecule has 3 aromatic rings. The molecule has 0 unspecified atom stereocenters. The van der Waals surface area contributed by atoms with Gasteiger partial charge in [0.15, 0.2) is 0 Å². The van der Waals surface area contributed by atoms with Crippen LogP contribution in [0.4, 0.5) is 5.69 Å². The van der Waals surface area contributed by atoms with Crippen LogP contribution in [0.1, 0.15) is 15.2 Å². The minimum atomic E-state index is 0.0896. The number of nitrogens with zero attached hydrogens (tertiary/aromatic N) is 3. The van der Waals surface area contributed by atoms with E-state index in [1.54, 1.807) is 11.3 Å². The molecule has 0 saturated heterocycles. The molecule has 0 spiro atoms. The van der Waals surface area contributed by atoms with E-state index >= 15 is 0 Å². The molecule has 1 amide bonds. The Bertz CT molecular complexity index is 977. The van der Waals surface area contributed by atoms with Crippen LogP contribution in [-0.4, -0.2) is 29.9 Å². The fourth-order valence-corrected chi connectivity index (χ4v) is 4.60. The molecule has 5 rings (SSSR count). The number of thiophene rings is 1. The number of anilines is 1. The summed E-state index contributed by atoms with van der Waals surface area (Å²) in [6.07, 6.45) is 0. The molecule has 118 valence electrons. The van der Waals surface area contributed by atoms with E-state index in [0.717, 1.165) is 33.2 Å². The third-order valence-electron chi connectivity index (χ3n) is 4.52. The van der Waals surface area contributed by atoms with Crippen molar-refractivity contribution in [2.75, 3.05) is 18.0 Å². The summed E-state index contributed by atoms with van der Waals surface area (Å²) in [5.41, 5.74) is 2.23. The zero-order valence-corrected chi connectivity index (χ0v) is 13.8. The highest BCUT2D eigenvalue weighted by molar-refractivity contribution is 7.21. The van der Waals surface area contributed by atoms with Crippen LogP contribution in [0.2, 0.25) is 0 Å². The van der Waals surface area contributed by atoms with Gasteiger partial charge in [0.05, 0.1) is 18.8 Å². The van der Waals surface area contributed by atoms with Crippen molar-refractivity contribution in [3.63, 3.8) is 0 Å². The minimum absolute atomic E-state index is 0.0896. The molecule has 0 radical (unpaired) electrons. The van der Waals surface area contributed by atoms with Gasteiger partial charge in [0.25, 0.3) is 5.91 Å². The first-order chi connectivity index (χ1) is 11.8. The van der Waals surface area contributed by atoms with Crippen LogP contribution in [0.25, 0.3) is 10.1 Å². The lowest BCUT2D eigenvalue weighted by Gasteiger charge is -2.34. The second kappa shape index (κ2) is 5.18. The molecule has 0 fully saturated rings. The minimum Gasteiger partial charge on any atom is -0.305 e. The van der Waals surface area contributed by atoms with Crippen molar-refractivity contribution in [3.05, 3.63) is 65.0 Å². The van der Waals surface area contributed by atoms with Crippen molar-refractivity contribution >= 4 is 39.0 Å². The molecule has 0 atom stereocenters. The average molecular weight is 333 g/mol. The van der Waals surface area contributed by atoms with Crippen LogP contribution in [0.5, 0.6) is 0 Å². The SMILES string of the molecule is O=C1c2sc3ccccc3c2N(Cc2ccccc2)C2=NCCN12. The number of hydrogen-bond donors (Lipinski definition) is 0. The second-order valence-corrected chi connectivity index (χ2v) is 7.04. The topological polar surface area (TPSA) is 35.9 Å². The van der Waals surface area contributed by atoms with E-state index in [9.17, 15) is 4.79 Å². The lowest BCUT2D eigenvalue weighted by Crippen LogP contribution is -2.49. The number of benzene rings is 2. The summed E-state index contributed by atoms with van der Waals surface area (Å²) in [7, 11) is 0. The molecule has 5 heteroatoms. The van der Waals surface area contributed by atoms with Gasteiger partial charge in [0.2, 0.25) is 5.96 Å². The number of carbonyl (C=O) groups is 1. The van der Waals surface area contributed by atoms with Gasteiger partial charge in [-0.1, -0.05) is 48.5 Å². The Morgan fingerprint density at radius 2 is 1.83 bits per heavy atom. The Balaban J connectivity index is 1.72.